The molecule has 6 heteroatoms. The monoisotopic (exact) mass is 252 g/mol. The highest BCUT2D eigenvalue weighted by Gasteiger charge is 2.11. The Morgan fingerprint density at radius 1 is 1.18 bits per heavy atom. The van der Waals surface area contributed by atoms with Crippen molar-refractivity contribution >= 4 is 8.25 Å². The molecule has 90 valence electrons. The average molecular weight is 252 g/mol. The Labute approximate surface area is 99.7 Å². The van der Waals surface area contributed by atoms with E-state index in [4.69, 9.17) is 9.05 Å². The maximum atomic E-state index is 11.7. The number of hydrogen-bond acceptors (Lipinski definition) is 4. The van der Waals surface area contributed by atoms with Crippen LogP contribution in [0.25, 0.3) is 0 Å². The van der Waals surface area contributed by atoms with Crippen molar-refractivity contribution in [1.29, 1.82) is 0 Å². The molecule has 1 atom stereocenters. The summed E-state index contributed by atoms with van der Waals surface area (Å²) < 4.78 is 22.1. The summed E-state index contributed by atoms with van der Waals surface area (Å²) in [4.78, 5) is 0. The molecule has 0 amide bonds. The Morgan fingerprint density at radius 2 is 1.88 bits per heavy atom. The second-order valence-electron chi connectivity index (χ2n) is 3.53. The number of para-hydroxylation sites is 1. The molecule has 0 radical (unpaired) electrons. The van der Waals surface area contributed by atoms with Crippen LogP contribution in [0.5, 0.6) is 11.5 Å². The summed E-state index contributed by atoms with van der Waals surface area (Å²) in [5.74, 6) is 1.01. The minimum atomic E-state index is -2.62. The molecule has 0 aliphatic heterocycles. The Hall–Kier alpha value is -1.74. The molecule has 17 heavy (non-hydrogen) atoms. The van der Waals surface area contributed by atoms with Crippen LogP contribution >= 0.6 is 8.25 Å². The lowest BCUT2D eigenvalue weighted by molar-refractivity contribution is 0.413. The summed E-state index contributed by atoms with van der Waals surface area (Å²) in [5, 5.41) is 6.70. The Balaban J connectivity index is 2.03. The summed E-state index contributed by atoms with van der Waals surface area (Å²) in [5.41, 5.74) is 1.40. The van der Waals surface area contributed by atoms with Gasteiger partial charge in [0.2, 0.25) is 0 Å². The fraction of sp³-hybridized carbons (Fsp3) is 0.182. The maximum absolute atomic E-state index is 11.7. The van der Waals surface area contributed by atoms with E-state index in [0.717, 1.165) is 5.69 Å². The van der Waals surface area contributed by atoms with Gasteiger partial charge in [0, 0.05) is 0 Å². The number of aryl methyl sites for hydroxylation is 2. The molecule has 0 spiro atoms. The molecule has 0 fully saturated rings. The lowest BCUT2D eigenvalue weighted by Crippen LogP contribution is -1.90. The van der Waals surface area contributed by atoms with Gasteiger partial charge in [0.05, 0.1) is 5.69 Å². The zero-order valence-corrected chi connectivity index (χ0v) is 10.6. The fourth-order valence-corrected chi connectivity index (χ4v) is 2.22. The molecular formula is C11H13N2O3P. The van der Waals surface area contributed by atoms with Gasteiger partial charge in [-0.05, 0) is 26.0 Å². The van der Waals surface area contributed by atoms with Crippen molar-refractivity contribution in [3.05, 3.63) is 41.7 Å². The molecule has 0 aliphatic rings. The van der Waals surface area contributed by atoms with Gasteiger partial charge in [-0.15, -0.1) is 0 Å². The minimum Gasteiger partial charge on any atom is -0.418 e. The SMILES string of the molecule is Cc1n[nH]c(C)c1O[PH](=O)Oc1ccccc1. The topological polar surface area (TPSA) is 64.2 Å². The highest BCUT2D eigenvalue weighted by atomic mass is 31.1. The third-order valence-electron chi connectivity index (χ3n) is 2.19. The molecule has 0 aliphatic carbocycles. The van der Waals surface area contributed by atoms with Gasteiger partial charge in [-0.3, -0.25) is 5.10 Å². The van der Waals surface area contributed by atoms with Crippen LogP contribution in [0.3, 0.4) is 0 Å². The zero-order valence-electron chi connectivity index (χ0n) is 9.56. The van der Waals surface area contributed by atoms with Crippen LogP contribution in [-0.4, -0.2) is 10.2 Å². The number of nitrogens with zero attached hydrogens (tertiary/aromatic N) is 1. The molecule has 1 N–H and O–H groups in total. The molecule has 1 unspecified atom stereocenters. The van der Waals surface area contributed by atoms with E-state index in [1.54, 1.807) is 38.1 Å². The third kappa shape index (κ3) is 2.88. The largest absolute Gasteiger partial charge is 0.419 e. The van der Waals surface area contributed by atoms with Crippen molar-refractivity contribution in [1.82, 2.24) is 10.2 Å². The number of benzene rings is 1. The van der Waals surface area contributed by atoms with E-state index in [-0.39, 0.29) is 0 Å². The summed E-state index contributed by atoms with van der Waals surface area (Å²) >= 11 is 0. The predicted molar refractivity (Wildman–Crippen MR) is 64.8 cm³/mol. The van der Waals surface area contributed by atoms with Crippen LogP contribution in [-0.2, 0) is 4.57 Å². The van der Waals surface area contributed by atoms with Crippen LogP contribution in [0.15, 0.2) is 30.3 Å². The summed E-state index contributed by atoms with van der Waals surface area (Å²) in [7, 11) is -2.62. The lowest BCUT2D eigenvalue weighted by Gasteiger charge is -2.07. The van der Waals surface area contributed by atoms with E-state index in [1.165, 1.54) is 0 Å². The zero-order chi connectivity index (χ0) is 12.3. The smallest absolute Gasteiger partial charge is 0.418 e. The molecular weight excluding hydrogens is 239 g/mol. The first-order chi connectivity index (χ1) is 8.16. The van der Waals surface area contributed by atoms with Crippen LogP contribution in [0.4, 0.5) is 0 Å². The maximum Gasteiger partial charge on any atom is 0.419 e. The van der Waals surface area contributed by atoms with Gasteiger partial charge in [0.15, 0.2) is 5.75 Å². The van der Waals surface area contributed by atoms with E-state index in [0.29, 0.717) is 17.2 Å². The van der Waals surface area contributed by atoms with Gasteiger partial charge in [0.25, 0.3) is 0 Å². The second kappa shape index (κ2) is 5.06. The average Bonchev–Trinajstić information content (AvgIpc) is 2.62. The third-order valence-corrected chi connectivity index (χ3v) is 2.96. The van der Waals surface area contributed by atoms with E-state index in [2.05, 4.69) is 10.2 Å². The number of nitrogens with one attached hydrogen (secondary N) is 1. The van der Waals surface area contributed by atoms with Crippen molar-refractivity contribution < 1.29 is 13.6 Å². The van der Waals surface area contributed by atoms with Crippen LogP contribution in [0.1, 0.15) is 11.4 Å². The Kier molecular flexibility index (Phi) is 3.49. The molecule has 1 heterocycles. The van der Waals surface area contributed by atoms with Gasteiger partial charge in [-0.1, -0.05) is 18.2 Å². The van der Waals surface area contributed by atoms with E-state index >= 15 is 0 Å². The van der Waals surface area contributed by atoms with E-state index < -0.39 is 8.25 Å². The highest BCUT2D eigenvalue weighted by molar-refractivity contribution is 7.34. The lowest BCUT2D eigenvalue weighted by atomic mass is 10.3. The van der Waals surface area contributed by atoms with Crippen molar-refractivity contribution in [3.63, 3.8) is 0 Å². The normalized spacial score (nSPS) is 12.1. The first-order valence-electron chi connectivity index (χ1n) is 5.13. The van der Waals surface area contributed by atoms with Gasteiger partial charge in [-0.25, -0.2) is 4.57 Å². The van der Waals surface area contributed by atoms with E-state index in [1.807, 2.05) is 6.07 Å². The van der Waals surface area contributed by atoms with Gasteiger partial charge < -0.3 is 9.05 Å². The number of rotatable bonds is 4. The molecule has 5 nitrogen and oxygen atoms in total. The number of aromatic amines is 1. The first-order valence-corrected chi connectivity index (χ1v) is 6.35. The van der Waals surface area contributed by atoms with Crippen molar-refractivity contribution in [2.24, 2.45) is 0 Å². The fourth-order valence-electron chi connectivity index (χ4n) is 1.38. The molecule has 2 rings (SSSR count). The van der Waals surface area contributed by atoms with Crippen molar-refractivity contribution in [3.8, 4) is 11.5 Å². The van der Waals surface area contributed by atoms with Gasteiger partial charge in [-0.2, -0.15) is 5.10 Å². The van der Waals surface area contributed by atoms with Crippen LogP contribution in [0.2, 0.25) is 0 Å². The Morgan fingerprint density at radius 3 is 2.47 bits per heavy atom. The summed E-state index contributed by atoms with van der Waals surface area (Å²) in [6.45, 7) is 3.57. The predicted octanol–water partition coefficient (Wildman–Crippen LogP) is 2.87. The quantitative estimate of drug-likeness (QED) is 0.850. The van der Waals surface area contributed by atoms with Crippen molar-refractivity contribution in [2.45, 2.75) is 13.8 Å². The minimum absolute atomic E-state index is 0.491. The molecule has 0 saturated carbocycles. The Bertz CT molecular complexity index is 505. The van der Waals surface area contributed by atoms with Crippen LogP contribution < -0.4 is 9.05 Å². The molecule has 2 aromatic rings. The second-order valence-corrected chi connectivity index (χ2v) is 4.44. The van der Waals surface area contributed by atoms with E-state index in [9.17, 15) is 4.57 Å². The van der Waals surface area contributed by atoms with Crippen LogP contribution in [0, 0.1) is 13.8 Å². The highest BCUT2D eigenvalue weighted by Crippen LogP contribution is 2.33. The number of hydrogen-bond donors (Lipinski definition) is 1. The number of aromatic nitrogens is 2. The molecule has 0 saturated heterocycles. The first kappa shape index (κ1) is 11.7. The van der Waals surface area contributed by atoms with Gasteiger partial charge in [0.1, 0.15) is 11.4 Å². The molecule has 1 aromatic heterocycles. The van der Waals surface area contributed by atoms with Gasteiger partial charge >= 0.3 is 8.25 Å². The standard InChI is InChI=1S/C11H13N2O3P/c1-8-11(9(2)13-12-8)16-17(14)15-10-6-4-3-5-7-10/h3-7,17H,1-2H3,(H,12,13). The molecule has 1 aromatic carbocycles. The summed E-state index contributed by atoms with van der Waals surface area (Å²) in [6.07, 6.45) is 0. The molecule has 0 bridgehead atoms. The number of H-pyrrole nitrogens is 1. The summed E-state index contributed by atoms with van der Waals surface area (Å²) in [6, 6.07) is 8.91. The van der Waals surface area contributed by atoms with Crippen molar-refractivity contribution in [2.75, 3.05) is 0 Å².